The maximum atomic E-state index is 12.8. The van der Waals surface area contributed by atoms with Crippen molar-refractivity contribution in [1.29, 1.82) is 0 Å². The van der Waals surface area contributed by atoms with Crippen molar-refractivity contribution < 1.29 is 9.53 Å². The first-order valence-corrected chi connectivity index (χ1v) is 14.3. The van der Waals surface area contributed by atoms with Gasteiger partial charge in [0.25, 0.3) is 5.91 Å². The van der Waals surface area contributed by atoms with Crippen molar-refractivity contribution in [3.63, 3.8) is 0 Å². The highest BCUT2D eigenvalue weighted by Gasteiger charge is 2.15. The van der Waals surface area contributed by atoms with Crippen LogP contribution in [0, 0.1) is 0 Å². The van der Waals surface area contributed by atoms with E-state index in [9.17, 15) is 4.79 Å². The van der Waals surface area contributed by atoms with Crippen LogP contribution in [0.2, 0.25) is 0 Å². The van der Waals surface area contributed by atoms with Gasteiger partial charge in [-0.1, -0.05) is 54.6 Å². The van der Waals surface area contributed by atoms with Crippen LogP contribution < -0.4 is 15.7 Å². The highest BCUT2D eigenvalue weighted by atomic mass is 16.5. The summed E-state index contributed by atoms with van der Waals surface area (Å²) in [6.45, 7) is 5.24. The lowest BCUT2D eigenvalue weighted by Gasteiger charge is -2.27. The van der Waals surface area contributed by atoms with Crippen molar-refractivity contribution in [2.75, 3.05) is 31.2 Å². The fourth-order valence-electron chi connectivity index (χ4n) is 5.14. The summed E-state index contributed by atoms with van der Waals surface area (Å²) in [7, 11) is 1.95. The van der Waals surface area contributed by atoms with Crippen molar-refractivity contribution in [1.82, 2.24) is 19.9 Å². The monoisotopic (exact) mass is 571 g/mol. The summed E-state index contributed by atoms with van der Waals surface area (Å²) >= 11 is 0. The van der Waals surface area contributed by atoms with Crippen molar-refractivity contribution >= 4 is 28.8 Å². The Balaban J connectivity index is 1.24. The van der Waals surface area contributed by atoms with Gasteiger partial charge < -0.3 is 19.5 Å². The molecule has 2 aromatic carbocycles. The number of fused-ring (bicyclic) bond motifs is 1. The zero-order chi connectivity index (χ0) is 29.6. The molecule has 0 unspecified atom stereocenters. The molecule has 4 heterocycles. The summed E-state index contributed by atoms with van der Waals surface area (Å²) < 4.78 is 7.35. The third kappa shape index (κ3) is 6.22. The number of anilines is 1. The lowest BCUT2D eigenvalue weighted by molar-refractivity contribution is 0.0950. The van der Waals surface area contributed by atoms with E-state index in [2.05, 4.69) is 55.7 Å². The summed E-state index contributed by atoms with van der Waals surface area (Å²) in [6, 6.07) is 26.2. The fraction of sp³-hybridized carbons (Fsp3) is 0.206. The number of morpholine rings is 1. The van der Waals surface area contributed by atoms with Crippen LogP contribution >= 0.6 is 0 Å². The Kier molecular flexibility index (Phi) is 8.33. The molecule has 0 atom stereocenters. The Morgan fingerprint density at radius 2 is 1.79 bits per heavy atom. The van der Waals surface area contributed by atoms with Crippen LogP contribution in [-0.4, -0.2) is 53.0 Å². The summed E-state index contributed by atoms with van der Waals surface area (Å²) in [5, 5.41) is 12.5. The first-order chi connectivity index (χ1) is 21.1. The van der Waals surface area contributed by atoms with Gasteiger partial charge in [-0.05, 0) is 42.3 Å². The van der Waals surface area contributed by atoms with E-state index in [1.165, 1.54) is 0 Å². The third-order valence-electron chi connectivity index (χ3n) is 7.46. The molecule has 216 valence electrons. The number of benzene rings is 2. The topological polar surface area (TPSA) is 97.0 Å². The van der Waals surface area contributed by atoms with E-state index in [0.717, 1.165) is 63.2 Å². The highest BCUT2D eigenvalue weighted by molar-refractivity contribution is 5.94. The second kappa shape index (κ2) is 12.8. The summed E-state index contributed by atoms with van der Waals surface area (Å²) in [6.07, 6.45) is 5.25. The molecular weight excluding hydrogens is 538 g/mol. The minimum absolute atomic E-state index is 0.158. The first kappa shape index (κ1) is 28.0. The van der Waals surface area contributed by atoms with Crippen molar-refractivity contribution in [3.05, 3.63) is 108 Å². The number of pyridine rings is 3. The van der Waals surface area contributed by atoms with Crippen LogP contribution in [0.4, 0.5) is 5.82 Å². The van der Waals surface area contributed by atoms with Gasteiger partial charge in [-0.15, -0.1) is 5.10 Å². The van der Waals surface area contributed by atoms with Crippen molar-refractivity contribution in [2.45, 2.75) is 13.5 Å². The maximum Gasteiger partial charge on any atom is 0.253 e. The Hall–Kier alpha value is -5.15. The average molecular weight is 572 g/mol. The summed E-state index contributed by atoms with van der Waals surface area (Å²) in [5.74, 6) is 0.705. The van der Waals surface area contributed by atoms with Gasteiger partial charge >= 0.3 is 0 Å². The van der Waals surface area contributed by atoms with Gasteiger partial charge in [0.15, 0.2) is 5.49 Å². The number of aryl methyl sites for hydroxylation is 1. The van der Waals surface area contributed by atoms with Crippen LogP contribution in [0.15, 0.2) is 101 Å². The van der Waals surface area contributed by atoms with Gasteiger partial charge in [0, 0.05) is 61.8 Å². The molecule has 0 saturated carbocycles. The Labute approximate surface area is 250 Å². The quantitative estimate of drug-likeness (QED) is 0.220. The van der Waals surface area contributed by atoms with E-state index in [-0.39, 0.29) is 5.91 Å². The number of amides is 1. The predicted molar refractivity (Wildman–Crippen MR) is 170 cm³/mol. The standard InChI is InChI=1S/C34H33N7O2/c1-3-37-39-33-29-21-28(25-7-5-4-6-8-25)32(38-30(29)15-16-40(33)2)26-11-9-24(10-12-26)22-36-34(42)27-13-14-31(35-23-27)41-17-19-43-20-18-41/h3-16,21,23H,17-20,22H2,1-2H3,(H,36,42)/b37-3+,39-33-. The molecule has 6 rings (SSSR count). The van der Waals surface area contributed by atoms with Crippen LogP contribution in [0.1, 0.15) is 22.8 Å². The van der Waals surface area contributed by atoms with Gasteiger partial charge in [0.05, 0.1) is 30.0 Å². The van der Waals surface area contributed by atoms with Gasteiger partial charge in [0.1, 0.15) is 5.82 Å². The molecule has 1 saturated heterocycles. The largest absolute Gasteiger partial charge is 0.378 e. The maximum absolute atomic E-state index is 12.8. The average Bonchev–Trinajstić information content (AvgIpc) is 3.07. The molecule has 0 spiro atoms. The molecule has 1 N–H and O–H groups in total. The summed E-state index contributed by atoms with van der Waals surface area (Å²) in [5.41, 5.74) is 7.02. The first-order valence-electron chi connectivity index (χ1n) is 14.3. The molecule has 3 aromatic heterocycles. The van der Waals surface area contributed by atoms with E-state index in [4.69, 9.17) is 9.72 Å². The zero-order valence-corrected chi connectivity index (χ0v) is 24.3. The second-order valence-electron chi connectivity index (χ2n) is 10.3. The second-order valence-corrected chi connectivity index (χ2v) is 10.3. The third-order valence-corrected chi connectivity index (χ3v) is 7.46. The number of aromatic nitrogens is 3. The number of carbonyl (C=O) groups excluding carboxylic acids is 1. The van der Waals surface area contributed by atoms with Crippen LogP contribution in [-0.2, 0) is 18.3 Å². The van der Waals surface area contributed by atoms with Crippen molar-refractivity contribution in [2.24, 2.45) is 17.3 Å². The minimum Gasteiger partial charge on any atom is -0.378 e. The van der Waals surface area contributed by atoms with Gasteiger partial charge in [-0.3, -0.25) is 4.79 Å². The number of hydrogen-bond acceptors (Lipinski definition) is 7. The van der Waals surface area contributed by atoms with Gasteiger partial charge in [0.2, 0.25) is 0 Å². The highest BCUT2D eigenvalue weighted by Crippen LogP contribution is 2.32. The van der Waals surface area contributed by atoms with Gasteiger partial charge in [-0.2, -0.15) is 5.10 Å². The number of ether oxygens (including phenoxy) is 1. The molecule has 0 radical (unpaired) electrons. The zero-order valence-electron chi connectivity index (χ0n) is 24.3. The predicted octanol–water partition coefficient (Wildman–Crippen LogP) is 4.98. The van der Waals surface area contributed by atoms with E-state index in [0.29, 0.717) is 25.3 Å². The number of carbonyl (C=O) groups is 1. The molecule has 43 heavy (non-hydrogen) atoms. The molecule has 1 aliphatic rings. The van der Waals surface area contributed by atoms with E-state index in [1.807, 2.05) is 73.3 Å². The minimum atomic E-state index is -0.158. The molecule has 9 heteroatoms. The SMILES string of the molecule is C/C=N/N=c1/c2cc(-c3ccccc3)c(-c3ccc(CNC(=O)c4ccc(N5CCOCC5)nc4)cc3)nc2ccn1C. The Bertz CT molecular complexity index is 1820. The Morgan fingerprint density at radius 3 is 2.51 bits per heavy atom. The number of rotatable bonds is 7. The fourth-order valence-corrected chi connectivity index (χ4v) is 5.14. The van der Waals surface area contributed by atoms with E-state index >= 15 is 0 Å². The Morgan fingerprint density at radius 1 is 1.00 bits per heavy atom. The smallest absolute Gasteiger partial charge is 0.253 e. The van der Waals surface area contributed by atoms with Crippen LogP contribution in [0.25, 0.3) is 33.3 Å². The number of hydrogen-bond donors (Lipinski definition) is 1. The molecule has 1 aliphatic heterocycles. The normalized spacial score (nSPS) is 14.0. The molecule has 1 fully saturated rings. The summed E-state index contributed by atoms with van der Waals surface area (Å²) in [4.78, 5) is 24.6. The van der Waals surface area contributed by atoms with Gasteiger partial charge in [-0.25, -0.2) is 9.97 Å². The van der Waals surface area contributed by atoms with Crippen LogP contribution in [0.3, 0.4) is 0 Å². The molecule has 5 aromatic rings. The molecule has 0 aliphatic carbocycles. The number of nitrogens with one attached hydrogen (secondary N) is 1. The number of nitrogens with zero attached hydrogens (tertiary/aromatic N) is 6. The van der Waals surface area contributed by atoms with E-state index < -0.39 is 0 Å². The molecule has 1 amide bonds. The van der Waals surface area contributed by atoms with E-state index in [1.54, 1.807) is 12.4 Å². The molecule has 9 nitrogen and oxygen atoms in total. The van der Waals surface area contributed by atoms with Crippen LogP contribution in [0.5, 0.6) is 0 Å². The molecule has 0 bridgehead atoms. The molecular formula is C34H33N7O2. The lowest BCUT2D eigenvalue weighted by Crippen LogP contribution is -2.36. The van der Waals surface area contributed by atoms with Crippen molar-refractivity contribution in [3.8, 4) is 22.4 Å². The lowest BCUT2D eigenvalue weighted by atomic mass is 9.97.